The molecule has 0 N–H and O–H groups in total. The lowest BCUT2D eigenvalue weighted by Gasteiger charge is -2.18. The first kappa shape index (κ1) is 16.7. The zero-order valence-electron chi connectivity index (χ0n) is 14.2. The van der Waals surface area contributed by atoms with Crippen LogP contribution in [0.3, 0.4) is 0 Å². The number of nitriles is 1. The highest BCUT2D eigenvalue weighted by Crippen LogP contribution is 2.37. The molecular formula is C19H17N3O3. The maximum atomic E-state index is 12.7. The molecule has 3 heterocycles. The summed E-state index contributed by atoms with van der Waals surface area (Å²) in [5.74, 6) is -0.511. The topological polar surface area (TPSA) is 85.0 Å². The predicted molar refractivity (Wildman–Crippen MR) is 91.5 cm³/mol. The Labute approximate surface area is 145 Å². The van der Waals surface area contributed by atoms with Crippen LogP contribution in [0.2, 0.25) is 0 Å². The van der Waals surface area contributed by atoms with E-state index in [-0.39, 0.29) is 5.56 Å². The Morgan fingerprint density at radius 2 is 2.08 bits per heavy atom. The van der Waals surface area contributed by atoms with Crippen molar-refractivity contribution in [2.75, 3.05) is 0 Å². The van der Waals surface area contributed by atoms with E-state index in [2.05, 4.69) is 4.98 Å². The molecule has 0 amide bonds. The number of aromatic nitrogens is 2. The summed E-state index contributed by atoms with van der Waals surface area (Å²) in [6, 6.07) is 7.20. The molecule has 3 rings (SSSR count). The molecule has 126 valence electrons. The van der Waals surface area contributed by atoms with E-state index in [1.54, 1.807) is 51.5 Å². The monoisotopic (exact) mass is 335 g/mol. The second-order valence-corrected chi connectivity index (χ2v) is 6.41. The van der Waals surface area contributed by atoms with Gasteiger partial charge in [0.25, 0.3) is 5.56 Å². The van der Waals surface area contributed by atoms with E-state index in [9.17, 15) is 14.9 Å². The highest BCUT2D eigenvalue weighted by atomic mass is 16.6. The largest absolute Gasteiger partial charge is 0.451 e. The molecule has 6 nitrogen and oxygen atoms in total. The van der Waals surface area contributed by atoms with Crippen LogP contribution >= 0.6 is 0 Å². The van der Waals surface area contributed by atoms with Gasteiger partial charge in [-0.15, -0.1) is 0 Å². The van der Waals surface area contributed by atoms with Gasteiger partial charge in [0.05, 0.1) is 12.1 Å². The number of cyclic esters (lactones) is 1. The molecule has 0 unspecified atom stereocenters. The summed E-state index contributed by atoms with van der Waals surface area (Å²) in [6.07, 6.45) is 4.90. The van der Waals surface area contributed by atoms with Gasteiger partial charge in [0, 0.05) is 24.2 Å². The Hall–Kier alpha value is -3.20. The molecule has 25 heavy (non-hydrogen) atoms. The minimum Gasteiger partial charge on any atom is -0.451 e. The molecular weight excluding hydrogens is 318 g/mol. The summed E-state index contributed by atoms with van der Waals surface area (Å²) >= 11 is 0. The Balaban J connectivity index is 2.12. The van der Waals surface area contributed by atoms with Crippen LogP contribution in [0.25, 0.3) is 5.57 Å². The van der Waals surface area contributed by atoms with Gasteiger partial charge in [0.1, 0.15) is 17.2 Å². The van der Waals surface area contributed by atoms with E-state index in [4.69, 9.17) is 4.74 Å². The van der Waals surface area contributed by atoms with E-state index in [0.717, 1.165) is 5.56 Å². The fraction of sp³-hybridized carbons (Fsp3) is 0.263. The van der Waals surface area contributed by atoms with Crippen molar-refractivity contribution in [3.63, 3.8) is 0 Å². The standard InChI is InChI=1S/C19H17N3O3/c1-12-16(18(24)25-19(12,2)3)14-6-8-22(17(23)15(14)9-20)11-13-5-4-7-21-10-13/h4-8,10H,11H2,1-3H3. The zero-order chi connectivity index (χ0) is 18.2. The van der Waals surface area contributed by atoms with Gasteiger partial charge in [0.15, 0.2) is 0 Å². The van der Waals surface area contributed by atoms with Gasteiger partial charge in [-0.1, -0.05) is 6.07 Å². The molecule has 0 fully saturated rings. The smallest absolute Gasteiger partial charge is 0.339 e. The number of hydrogen-bond acceptors (Lipinski definition) is 5. The fourth-order valence-corrected chi connectivity index (χ4v) is 2.83. The van der Waals surface area contributed by atoms with Crippen molar-refractivity contribution in [2.24, 2.45) is 0 Å². The Morgan fingerprint density at radius 3 is 2.64 bits per heavy atom. The van der Waals surface area contributed by atoms with Gasteiger partial charge in [0.2, 0.25) is 0 Å². The molecule has 1 aliphatic rings. The molecule has 0 saturated heterocycles. The van der Waals surface area contributed by atoms with E-state index in [1.165, 1.54) is 4.57 Å². The second kappa shape index (κ2) is 6.02. The predicted octanol–water partition coefficient (Wildman–Crippen LogP) is 2.27. The summed E-state index contributed by atoms with van der Waals surface area (Å²) in [5.41, 5.74) is 0.924. The molecule has 0 aliphatic carbocycles. The minimum atomic E-state index is -0.746. The number of carbonyl (C=O) groups is 1. The maximum absolute atomic E-state index is 12.7. The van der Waals surface area contributed by atoms with Crippen LogP contribution in [0.15, 0.2) is 47.2 Å². The molecule has 0 radical (unpaired) electrons. The van der Waals surface area contributed by atoms with E-state index in [1.807, 2.05) is 12.1 Å². The molecule has 2 aromatic heterocycles. The van der Waals surface area contributed by atoms with Gasteiger partial charge < -0.3 is 9.30 Å². The second-order valence-electron chi connectivity index (χ2n) is 6.41. The molecule has 1 aliphatic heterocycles. The normalized spacial score (nSPS) is 15.8. The van der Waals surface area contributed by atoms with Crippen molar-refractivity contribution in [2.45, 2.75) is 32.9 Å². The summed E-state index contributed by atoms with van der Waals surface area (Å²) in [7, 11) is 0. The molecule has 0 saturated carbocycles. The van der Waals surface area contributed by atoms with Crippen LogP contribution in [0.4, 0.5) is 0 Å². The van der Waals surface area contributed by atoms with Gasteiger partial charge in [-0.2, -0.15) is 5.26 Å². The minimum absolute atomic E-state index is 0.0598. The summed E-state index contributed by atoms with van der Waals surface area (Å²) < 4.78 is 6.78. The van der Waals surface area contributed by atoms with Gasteiger partial charge in [-0.25, -0.2) is 4.79 Å². The van der Waals surface area contributed by atoms with Crippen LogP contribution in [0, 0.1) is 11.3 Å². The fourth-order valence-electron chi connectivity index (χ4n) is 2.83. The van der Waals surface area contributed by atoms with Gasteiger partial charge in [-0.3, -0.25) is 9.78 Å². The first-order chi connectivity index (χ1) is 11.8. The lowest BCUT2D eigenvalue weighted by atomic mass is 9.92. The molecule has 2 aromatic rings. The van der Waals surface area contributed by atoms with Crippen LogP contribution in [-0.2, 0) is 16.1 Å². The van der Waals surface area contributed by atoms with Crippen LogP contribution in [0.1, 0.15) is 37.5 Å². The van der Waals surface area contributed by atoms with Crippen molar-refractivity contribution < 1.29 is 9.53 Å². The van der Waals surface area contributed by atoms with Gasteiger partial charge in [-0.05, 0) is 44.0 Å². The third kappa shape index (κ3) is 2.85. The summed E-state index contributed by atoms with van der Waals surface area (Å²) in [6.45, 7) is 5.64. The third-order valence-electron chi connectivity index (χ3n) is 4.45. The third-order valence-corrected chi connectivity index (χ3v) is 4.45. The van der Waals surface area contributed by atoms with E-state index >= 15 is 0 Å². The van der Waals surface area contributed by atoms with Gasteiger partial charge >= 0.3 is 5.97 Å². The average Bonchev–Trinajstić information content (AvgIpc) is 2.78. The number of rotatable bonds is 3. The average molecular weight is 335 g/mol. The van der Waals surface area contributed by atoms with Crippen LogP contribution in [0.5, 0.6) is 0 Å². The summed E-state index contributed by atoms with van der Waals surface area (Å²) in [5, 5.41) is 9.50. The molecule has 0 atom stereocenters. The van der Waals surface area contributed by atoms with Crippen LogP contribution < -0.4 is 5.56 Å². The highest BCUT2D eigenvalue weighted by molar-refractivity contribution is 6.20. The van der Waals surface area contributed by atoms with Crippen molar-refractivity contribution in [1.82, 2.24) is 9.55 Å². The maximum Gasteiger partial charge on any atom is 0.339 e. The quantitative estimate of drug-likeness (QED) is 0.803. The van der Waals surface area contributed by atoms with Crippen LogP contribution in [-0.4, -0.2) is 21.1 Å². The summed E-state index contributed by atoms with van der Waals surface area (Å²) in [4.78, 5) is 29.0. The zero-order valence-corrected chi connectivity index (χ0v) is 14.2. The Morgan fingerprint density at radius 1 is 1.32 bits per heavy atom. The number of esters is 1. The number of pyridine rings is 2. The molecule has 0 aromatic carbocycles. The first-order valence-electron chi connectivity index (χ1n) is 7.82. The number of ether oxygens (including phenoxy) is 1. The number of hydrogen-bond donors (Lipinski definition) is 0. The van der Waals surface area contributed by atoms with Crippen molar-refractivity contribution in [3.8, 4) is 6.07 Å². The molecule has 6 heteroatoms. The Bertz CT molecular complexity index is 979. The lowest BCUT2D eigenvalue weighted by molar-refractivity contribution is -0.142. The number of carbonyl (C=O) groups excluding carboxylic acids is 1. The lowest BCUT2D eigenvalue weighted by Crippen LogP contribution is -2.24. The SMILES string of the molecule is CC1=C(c2ccn(Cc3cccnc3)c(=O)c2C#N)C(=O)OC1(C)C. The van der Waals surface area contributed by atoms with Crippen molar-refractivity contribution >= 4 is 11.5 Å². The molecule has 0 spiro atoms. The van der Waals surface area contributed by atoms with Crippen molar-refractivity contribution in [3.05, 3.63) is 69.4 Å². The Kier molecular flexibility index (Phi) is 4.01. The number of nitrogens with zero attached hydrogens (tertiary/aromatic N) is 3. The van der Waals surface area contributed by atoms with E-state index < -0.39 is 17.1 Å². The van der Waals surface area contributed by atoms with E-state index in [0.29, 0.717) is 23.3 Å². The first-order valence-corrected chi connectivity index (χ1v) is 7.82. The molecule has 0 bridgehead atoms. The highest BCUT2D eigenvalue weighted by Gasteiger charge is 2.39. The van der Waals surface area contributed by atoms with Crippen molar-refractivity contribution in [1.29, 1.82) is 5.26 Å².